The first-order valence-electron chi connectivity index (χ1n) is 7.91. The molecule has 0 fully saturated rings. The average molecular weight is 392 g/mol. The van der Waals surface area contributed by atoms with Crippen LogP contribution in [0.25, 0.3) is 0 Å². The Hall–Kier alpha value is -2.01. The van der Waals surface area contributed by atoms with E-state index in [0.717, 1.165) is 24.3 Å². The molecule has 2 rings (SSSR count). The van der Waals surface area contributed by atoms with Gasteiger partial charge in [-0.3, -0.25) is 0 Å². The lowest BCUT2D eigenvalue weighted by Crippen LogP contribution is -2.32. The van der Waals surface area contributed by atoms with Crippen LogP contribution in [-0.2, 0) is 6.54 Å². The molecular formula is C19H26BrN3O. The van der Waals surface area contributed by atoms with Crippen LogP contribution in [0.1, 0.15) is 30.4 Å². The van der Waals surface area contributed by atoms with E-state index in [1.54, 1.807) is 7.11 Å². The minimum Gasteiger partial charge on any atom is -0.496 e. The third-order valence-electron chi connectivity index (χ3n) is 3.86. The molecule has 1 atom stereocenters. The molecule has 0 saturated heterocycles. The van der Waals surface area contributed by atoms with E-state index in [0.29, 0.717) is 18.4 Å². The quantitative estimate of drug-likeness (QED) is 0.556. The van der Waals surface area contributed by atoms with E-state index >= 15 is 0 Å². The van der Waals surface area contributed by atoms with Gasteiger partial charge in [0, 0.05) is 12.1 Å². The van der Waals surface area contributed by atoms with Gasteiger partial charge in [-0.2, -0.15) is 0 Å². The zero-order chi connectivity index (χ0) is 16.5. The van der Waals surface area contributed by atoms with Gasteiger partial charge in [-0.1, -0.05) is 55.5 Å². The summed E-state index contributed by atoms with van der Waals surface area (Å²) in [6.45, 7) is 3.54. The molecule has 5 heteroatoms. The Bertz CT molecular complexity index is 632. The van der Waals surface area contributed by atoms with Crippen LogP contribution in [0.3, 0.4) is 0 Å². The van der Waals surface area contributed by atoms with Gasteiger partial charge in [0.05, 0.1) is 13.7 Å². The Morgan fingerprint density at radius 3 is 2.50 bits per heavy atom. The molecule has 0 aliphatic carbocycles. The molecular weight excluding hydrogens is 366 g/mol. The normalized spacial score (nSPS) is 12.2. The number of nitrogens with zero attached hydrogens (tertiary/aromatic N) is 1. The Kier molecular flexibility index (Phi) is 8.94. The third kappa shape index (κ3) is 6.24. The van der Waals surface area contributed by atoms with Crippen molar-refractivity contribution in [3.05, 3.63) is 65.7 Å². The van der Waals surface area contributed by atoms with Gasteiger partial charge in [-0.25, -0.2) is 4.99 Å². The fourth-order valence-electron chi connectivity index (χ4n) is 2.42. The Morgan fingerprint density at radius 1 is 1.12 bits per heavy atom. The fraction of sp³-hybridized carbons (Fsp3) is 0.316. The number of guanidine groups is 1. The highest BCUT2D eigenvalue weighted by Crippen LogP contribution is 2.18. The van der Waals surface area contributed by atoms with Gasteiger partial charge in [0.2, 0.25) is 0 Å². The van der Waals surface area contributed by atoms with E-state index in [2.05, 4.69) is 41.5 Å². The van der Waals surface area contributed by atoms with Crippen molar-refractivity contribution in [1.29, 1.82) is 0 Å². The number of hydrogen-bond donors (Lipinski definition) is 2. The van der Waals surface area contributed by atoms with Crippen molar-refractivity contribution in [2.75, 3.05) is 13.7 Å². The Labute approximate surface area is 154 Å². The maximum absolute atomic E-state index is 5.94. The number of nitrogens with two attached hydrogens (primary N) is 1. The predicted molar refractivity (Wildman–Crippen MR) is 106 cm³/mol. The van der Waals surface area contributed by atoms with Gasteiger partial charge in [0.1, 0.15) is 5.75 Å². The van der Waals surface area contributed by atoms with Crippen molar-refractivity contribution in [3.8, 4) is 5.75 Å². The molecule has 0 radical (unpaired) electrons. The number of halogens is 1. The van der Waals surface area contributed by atoms with Gasteiger partial charge >= 0.3 is 0 Å². The Balaban J connectivity index is 0.00000288. The van der Waals surface area contributed by atoms with E-state index in [1.165, 1.54) is 5.56 Å². The van der Waals surface area contributed by atoms with Crippen LogP contribution >= 0.6 is 17.0 Å². The molecule has 24 heavy (non-hydrogen) atoms. The van der Waals surface area contributed by atoms with E-state index < -0.39 is 0 Å². The van der Waals surface area contributed by atoms with Crippen LogP contribution in [0.5, 0.6) is 5.75 Å². The summed E-state index contributed by atoms with van der Waals surface area (Å²) in [5.74, 6) is 1.80. The van der Waals surface area contributed by atoms with Crippen molar-refractivity contribution < 1.29 is 4.74 Å². The molecule has 0 amide bonds. The SMILES string of the molecule is Br.COc1ccccc1CN=C(N)NCCC(C)c1ccccc1. The lowest BCUT2D eigenvalue weighted by Gasteiger charge is -2.13. The van der Waals surface area contributed by atoms with Crippen LogP contribution in [0.4, 0.5) is 0 Å². The summed E-state index contributed by atoms with van der Waals surface area (Å²) in [6.07, 6.45) is 1.01. The maximum Gasteiger partial charge on any atom is 0.188 e. The highest BCUT2D eigenvalue weighted by atomic mass is 79.9. The second-order valence-electron chi connectivity index (χ2n) is 5.54. The molecule has 1 unspecified atom stereocenters. The van der Waals surface area contributed by atoms with E-state index in [-0.39, 0.29) is 17.0 Å². The first-order valence-corrected chi connectivity index (χ1v) is 7.91. The smallest absolute Gasteiger partial charge is 0.188 e. The molecule has 0 aliphatic heterocycles. The summed E-state index contributed by atoms with van der Waals surface area (Å²) < 4.78 is 5.31. The number of rotatable bonds is 7. The van der Waals surface area contributed by atoms with Crippen LogP contribution < -0.4 is 15.8 Å². The highest BCUT2D eigenvalue weighted by Gasteiger charge is 2.05. The molecule has 0 spiro atoms. The fourth-order valence-corrected chi connectivity index (χ4v) is 2.42. The summed E-state index contributed by atoms with van der Waals surface area (Å²) in [4.78, 5) is 4.38. The van der Waals surface area contributed by atoms with Crippen LogP contribution in [-0.4, -0.2) is 19.6 Å². The van der Waals surface area contributed by atoms with Crippen molar-refractivity contribution in [2.45, 2.75) is 25.8 Å². The predicted octanol–water partition coefficient (Wildman–Crippen LogP) is 3.87. The molecule has 0 saturated carbocycles. The zero-order valence-electron chi connectivity index (χ0n) is 14.2. The second-order valence-corrected chi connectivity index (χ2v) is 5.54. The van der Waals surface area contributed by atoms with Crippen molar-refractivity contribution in [2.24, 2.45) is 10.7 Å². The number of hydrogen-bond acceptors (Lipinski definition) is 2. The Morgan fingerprint density at radius 2 is 1.79 bits per heavy atom. The molecule has 2 aromatic rings. The van der Waals surface area contributed by atoms with Crippen LogP contribution in [0.15, 0.2) is 59.6 Å². The summed E-state index contributed by atoms with van der Waals surface area (Å²) in [6, 6.07) is 18.3. The van der Waals surface area contributed by atoms with E-state index in [9.17, 15) is 0 Å². The largest absolute Gasteiger partial charge is 0.496 e. The van der Waals surface area contributed by atoms with Crippen molar-refractivity contribution in [3.63, 3.8) is 0 Å². The van der Waals surface area contributed by atoms with Crippen LogP contribution in [0, 0.1) is 0 Å². The molecule has 3 N–H and O–H groups in total. The number of benzene rings is 2. The first kappa shape index (κ1) is 20.0. The van der Waals surface area contributed by atoms with Gasteiger partial charge < -0.3 is 15.8 Å². The summed E-state index contributed by atoms with van der Waals surface area (Å²) in [7, 11) is 1.66. The highest BCUT2D eigenvalue weighted by molar-refractivity contribution is 8.93. The van der Waals surface area contributed by atoms with Gasteiger partial charge in [0.15, 0.2) is 5.96 Å². The van der Waals surface area contributed by atoms with Crippen molar-refractivity contribution >= 4 is 22.9 Å². The number of aliphatic imine (C=N–C) groups is 1. The summed E-state index contributed by atoms with van der Waals surface area (Å²) in [5.41, 5.74) is 8.31. The number of methoxy groups -OCH3 is 1. The molecule has 4 nitrogen and oxygen atoms in total. The monoisotopic (exact) mass is 391 g/mol. The summed E-state index contributed by atoms with van der Waals surface area (Å²) in [5, 5.41) is 3.18. The number of ether oxygens (including phenoxy) is 1. The van der Waals surface area contributed by atoms with Crippen molar-refractivity contribution in [1.82, 2.24) is 5.32 Å². The number of nitrogens with one attached hydrogen (secondary N) is 1. The zero-order valence-corrected chi connectivity index (χ0v) is 15.9. The molecule has 0 bridgehead atoms. The second kappa shape index (κ2) is 10.7. The standard InChI is InChI=1S/C19H25N3O.BrH/c1-15(16-8-4-3-5-9-16)12-13-21-19(20)22-14-17-10-6-7-11-18(17)23-2;/h3-11,15H,12-14H2,1-2H3,(H3,20,21,22);1H. The maximum atomic E-state index is 5.94. The van der Waals surface area contributed by atoms with Gasteiger partial charge in [0.25, 0.3) is 0 Å². The molecule has 0 aromatic heterocycles. The minimum absolute atomic E-state index is 0. The van der Waals surface area contributed by atoms with Crippen LogP contribution in [0.2, 0.25) is 0 Å². The van der Waals surface area contributed by atoms with Gasteiger partial charge in [-0.15, -0.1) is 17.0 Å². The van der Waals surface area contributed by atoms with Gasteiger partial charge in [-0.05, 0) is 24.0 Å². The lowest BCUT2D eigenvalue weighted by molar-refractivity contribution is 0.410. The first-order chi connectivity index (χ1) is 11.2. The minimum atomic E-state index is 0. The molecule has 0 aliphatic rings. The van der Waals surface area contributed by atoms with E-state index in [4.69, 9.17) is 10.5 Å². The lowest BCUT2D eigenvalue weighted by atomic mass is 9.98. The summed E-state index contributed by atoms with van der Waals surface area (Å²) >= 11 is 0. The molecule has 0 heterocycles. The molecule has 130 valence electrons. The molecule has 2 aromatic carbocycles. The van der Waals surface area contributed by atoms with E-state index in [1.807, 2.05) is 30.3 Å². The average Bonchev–Trinajstić information content (AvgIpc) is 2.60. The topological polar surface area (TPSA) is 59.6 Å². The third-order valence-corrected chi connectivity index (χ3v) is 3.86. The number of para-hydroxylation sites is 1.